The first-order chi connectivity index (χ1) is 27.2. The molecular formula is C53H65IrN2O2-. The molecule has 0 spiro atoms. The van der Waals surface area contributed by atoms with Crippen molar-refractivity contribution < 1.29 is 30.0 Å². The van der Waals surface area contributed by atoms with E-state index in [9.17, 15) is 9.90 Å². The Bertz CT molecular complexity index is 2300. The monoisotopic (exact) mass is 954 g/mol. The number of ketones is 1. The van der Waals surface area contributed by atoms with E-state index < -0.39 is 0 Å². The molecule has 309 valence electrons. The number of benzene rings is 4. The molecule has 0 amide bonds. The fraction of sp³-hybridized carbons (Fsp3) is 0.415. The van der Waals surface area contributed by atoms with Crippen LogP contribution in [0.5, 0.6) is 0 Å². The van der Waals surface area contributed by atoms with Gasteiger partial charge >= 0.3 is 0 Å². The fourth-order valence-corrected chi connectivity index (χ4v) is 7.96. The van der Waals surface area contributed by atoms with E-state index in [1.165, 1.54) is 55.1 Å². The molecule has 5 heteroatoms. The molecule has 0 unspecified atom stereocenters. The fourth-order valence-electron chi connectivity index (χ4n) is 7.96. The summed E-state index contributed by atoms with van der Waals surface area (Å²) in [6.45, 7) is 23.8. The van der Waals surface area contributed by atoms with Gasteiger partial charge < -0.3 is 10.1 Å². The maximum atomic E-state index is 11.7. The summed E-state index contributed by atoms with van der Waals surface area (Å²) in [5.74, 6) is 1.73. The zero-order chi connectivity index (χ0) is 41.4. The number of fused-ring (bicyclic) bond motifs is 5. The van der Waals surface area contributed by atoms with Crippen molar-refractivity contribution in [2.75, 3.05) is 0 Å². The molecule has 0 bridgehead atoms. The van der Waals surface area contributed by atoms with Gasteiger partial charge in [0.15, 0.2) is 5.78 Å². The molecule has 4 nitrogen and oxygen atoms in total. The number of aliphatic hydroxyl groups excluding tert-OH is 1. The van der Waals surface area contributed by atoms with Crippen molar-refractivity contribution in [2.24, 2.45) is 23.7 Å². The Morgan fingerprint density at radius 1 is 0.690 bits per heavy atom. The Kier molecular flexibility index (Phi) is 16.6. The van der Waals surface area contributed by atoms with Crippen molar-refractivity contribution >= 4 is 38.1 Å². The minimum atomic E-state index is 0. The summed E-state index contributed by atoms with van der Waals surface area (Å²) in [6.07, 6.45) is 11.0. The van der Waals surface area contributed by atoms with E-state index in [2.05, 4.69) is 127 Å². The molecule has 0 saturated carbocycles. The Hall–Kier alpha value is -4.18. The quantitative estimate of drug-likeness (QED) is 0.0542. The van der Waals surface area contributed by atoms with Crippen LogP contribution in [-0.2, 0) is 43.2 Å². The van der Waals surface area contributed by atoms with Crippen LogP contribution in [0.1, 0.15) is 119 Å². The van der Waals surface area contributed by atoms with E-state index in [-0.39, 0.29) is 48.9 Å². The van der Waals surface area contributed by atoms with E-state index in [0.29, 0.717) is 11.8 Å². The third kappa shape index (κ3) is 11.3. The number of aromatic nitrogens is 2. The number of hydrogen-bond acceptors (Lipinski definition) is 4. The van der Waals surface area contributed by atoms with Crippen LogP contribution in [-0.4, -0.2) is 20.9 Å². The molecule has 0 atom stereocenters. The second-order valence-corrected chi connectivity index (χ2v) is 17.7. The summed E-state index contributed by atoms with van der Waals surface area (Å²) in [5, 5.41) is 17.2. The van der Waals surface area contributed by atoms with Crippen molar-refractivity contribution in [3.8, 4) is 22.4 Å². The molecule has 0 fully saturated rings. The minimum absolute atomic E-state index is 0. The van der Waals surface area contributed by atoms with Gasteiger partial charge in [-0.1, -0.05) is 119 Å². The van der Waals surface area contributed by atoms with Gasteiger partial charge in [-0.15, -0.1) is 34.9 Å². The van der Waals surface area contributed by atoms with Crippen LogP contribution in [0.3, 0.4) is 0 Å². The van der Waals surface area contributed by atoms with Gasteiger partial charge in [0.25, 0.3) is 0 Å². The Balaban J connectivity index is 0.000000398. The molecule has 58 heavy (non-hydrogen) atoms. The summed E-state index contributed by atoms with van der Waals surface area (Å²) < 4.78 is 0. The molecule has 0 aliphatic rings. The average molecular weight is 954 g/mol. The average Bonchev–Trinajstić information content (AvgIpc) is 3.17. The topological polar surface area (TPSA) is 63.1 Å². The van der Waals surface area contributed by atoms with Crippen LogP contribution in [0.25, 0.3) is 54.7 Å². The molecule has 0 aliphatic heterocycles. The van der Waals surface area contributed by atoms with Crippen LogP contribution in [0.15, 0.2) is 97.0 Å². The smallest absolute Gasteiger partial charge is 0.162 e. The van der Waals surface area contributed by atoms with Gasteiger partial charge in [0.2, 0.25) is 0 Å². The van der Waals surface area contributed by atoms with Crippen LogP contribution in [0.4, 0.5) is 0 Å². The zero-order valence-corrected chi connectivity index (χ0v) is 39.2. The maximum Gasteiger partial charge on any atom is 0.162 e. The van der Waals surface area contributed by atoms with Gasteiger partial charge in [0, 0.05) is 67.1 Å². The summed E-state index contributed by atoms with van der Waals surface area (Å²) in [4.78, 5) is 21.4. The molecule has 4 aromatic carbocycles. The van der Waals surface area contributed by atoms with Crippen LogP contribution < -0.4 is 0 Å². The van der Waals surface area contributed by atoms with Gasteiger partial charge in [-0.25, -0.2) is 0 Å². The number of pyridine rings is 2. The van der Waals surface area contributed by atoms with Gasteiger partial charge in [-0.05, 0) is 112 Å². The van der Waals surface area contributed by atoms with E-state index in [1.807, 2.05) is 40.1 Å². The van der Waals surface area contributed by atoms with Crippen LogP contribution >= 0.6 is 0 Å². The zero-order valence-electron chi connectivity index (χ0n) is 36.8. The van der Waals surface area contributed by atoms with Gasteiger partial charge in [-0.3, -0.25) is 9.78 Å². The van der Waals surface area contributed by atoms with Crippen molar-refractivity contribution in [3.63, 3.8) is 0 Å². The predicted octanol–water partition coefficient (Wildman–Crippen LogP) is 14.6. The van der Waals surface area contributed by atoms with Crippen molar-refractivity contribution in [3.05, 3.63) is 120 Å². The summed E-state index contributed by atoms with van der Waals surface area (Å²) in [6, 6.07) is 30.7. The molecule has 0 saturated heterocycles. The van der Waals surface area contributed by atoms with Crippen molar-refractivity contribution in [1.82, 2.24) is 9.97 Å². The summed E-state index contributed by atoms with van der Waals surface area (Å²) >= 11 is 0. The molecule has 1 radical (unpaired) electrons. The number of carbonyl (C=O) groups excluding carboxylic acids is 1. The molecular weight excluding hydrogens is 889 g/mol. The van der Waals surface area contributed by atoms with E-state index in [1.54, 1.807) is 0 Å². The molecule has 6 aromatic rings. The van der Waals surface area contributed by atoms with Gasteiger partial charge in [-0.2, -0.15) is 0 Å². The second-order valence-electron chi connectivity index (χ2n) is 17.7. The number of rotatable bonds is 13. The van der Waals surface area contributed by atoms with Crippen molar-refractivity contribution in [1.29, 1.82) is 0 Å². The number of hydrogen-bond donors (Lipinski definition) is 1. The summed E-state index contributed by atoms with van der Waals surface area (Å²) in [5.41, 5.74) is 8.27. The van der Waals surface area contributed by atoms with E-state index >= 15 is 0 Å². The van der Waals surface area contributed by atoms with Gasteiger partial charge in [0.05, 0.1) is 5.76 Å². The maximum absolute atomic E-state index is 11.7. The van der Waals surface area contributed by atoms with Gasteiger partial charge in [0.1, 0.15) is 0 Å². The molecule has 6 rings (SSSR count). The third-order valence-corrected chi connectivity index (χ3v) is 11.2. The van der Waals surface area contributed by atoms with Crippen molar-refractivity contribution in [2.45, 2.75) is 120 Å². The first kappa shape index (κ1) is 46.5. The molecule has 2 aromatic heterocycles. The number of allylic oxidation sites excluding steroid dienone is 2. The Morgan fingerprint density at radius 2 is 1.28 bits per heavy atom. The van der Waals surface area contributed by atoms with E-state index in [4.69, 9.17) is 9.97 Å². The first-order valence-electron chi connectivity index (χ1n) is 21.4. The number of nitrogens with zero attached hydrogens (tertiary/aromatic N) is 2. The third-order valence-electron chi connectivity index (χ3n) is 11.2. The SMILES string of the molecule is CC(C)Cc1[c-]c(-c2nccc3c2ccc2c4ccc(-c5ccc(C(C)(C)C)nc5)cc4ccc32)cc(CC(C)C)c1.CCC(CC)C(=O)/C=C(\O)C(CC)CC.[Ir]. The normalized spacial score (nSPS) is 12.2. The summed E-state index contributed by atoms with van der Waals surface area (Å²) in [7, 11) is 0. The number of carbonyl (C=O) groups is 1. The largest absolute Gasteiger partial charge is 0.512 e. The van der Waals surface area contributed by atoms with Crippen LogP contribution in [0.2, 0.25) is 0 Å². The first-order valence-corrected chi connectivity index (χ1v) is 21.4. The minimum Gasteiger partial charge on any atom is -0.512 e. The second kappa shape index (κ2) is 20.7. The Labute approximate surface area is 362 Å². The van der Waals surface area contributed by atoms with E-state index in [0.717, 1.165) is 61.0 Å². The molecule has 1 N–H and O–H groups in total. The molecule has 0 aliphatic carbocycles. The standard InChI is InChI=1S/C40H41N2.C13H24O2.Ir/c1-25(2)18-27-20-28(19-26(3)4)22-32(21-27)39-37-14-13-34-33-11-8-29(31-10-15-38(42-24-31)40(5,6)7)23-30(33)9-12-35(34)36(37)16-17-41-39;1-5-10(6-2)12(14)9-13(15)11(7-3)8-4;/h8-17,20-21,23-26H,18-19H2,1-7H3;9-11,14H,5-8H2,1-4H3;/q-1;;/b;12-9-;. The Morgan fingerprint density at radius 3 is 1.88 bits per heavy atom. The predicted molar refractivity (Wildman–Crippen MR) is 244 cm³/mol. The van der Waals surface area contributed by atoms with Crippen LogP contribution in [0, 0.1) is 29.7 Å². The molecule has 2 heterocycles. The number of aliphatic hydroxyl groups is 1.